The summed E-state index contributed by atoms with van der Waals surface area (Å²) in [5.41, 5.74) is 6.72. The summed E-state index contributed by atoms with van der Waals surface area (Å²) in [6.45, 7) is 0.454. The molecule has 84 valence electrons. The zero-order valence-corrected chi connectivity index (χ0v) is 9.37. The lowest BCUT2D eigenvalue weighted by molar-refractivity contribution is 0.864. The molecule has 0 amide bonds. The molecule has 16 heavy (non-hydrogen) atoms. The molecular formula is C11H12ClN3O. The van der Waals surface area contributed by atoms with Crippen molar-refractivity contribution in [1.29, 1.82) is 0 Å². The van der Waals surface area contributed by atoms with Gasteiger partial charge in [-0.3, -0.25) is 14.6 Å². The van der Waals surface area contributed by atoms with Gasteiger partial charge >= 0.3 is 0 Å². The molecule has 2 rings (SSSR count). The van der Waals surface area contributed by atoms with E-state index < -0.39 is 0 Å². The van der Waals surface area contributed by atoms with Crippen molar-refractivity contribution in [3.05, 3.63) is 51.4 Å². The predicted molar refractivity (Wildman–Crippen MR) is 64.2 cm³/mol. The van der Waals surface area contributed by atoms with Crippen LogP contribution in [0.25, 0.3) is 5.69 Å². The van der Waals surface area contributed by atoms with E-state index in [9.17, 15) is 4.79 Å². The molecule has 0 spiro atoms. The summed E-state index contributed by atoms with van der Waals surface area (Å²) in [5.74, 6) is 0. The van der Waals surface area contributed by atoms with Crippen LogP contribution in [-0.2, 0) is 6.42 Å². The van der Waals surface area contributed by atoms with Crippen LogP contribution in [0.15, 0.2) is 35.3 Å². The van der Waals surface area contributed by atoms with E-state index in [1.165, 1.54) is 0 Å². The average molecular weight is 238 g/mol. The van der Waals surface area contributed by atoms with Gasteiger partial charge in [0.25, 0.3) is 5.56 Å². The molecular weight excluding hydrogens is 226 g/mol. The number of aromatic amines is 1. The van der Waals surface area contributed by atoms with E-state index in [1.54, 1.807) is 16.9 Å². The third-order valence-electron chi connectivity index (χ3n) is 2.32. The van der Waals surface area contributed by atoms with Crippen molar-refractivity contribution in [2.75, 3.05) is 6.54 Å². The number of halogens is 1. The highest BCUT2D eigenvalue weighted by Crippen LogP contribution is 2.18. The molecule has 0 aliphatic carbocycles. The van der Waals surface area contributed by atoms with Gasteiger partial charge in [0.05, 0.1) is 10.7 Å². The number of para-hydroxylation sites is 1. The molecule has 0 saturated heterocycles. The number of nitrogens with two attached hydrogens (primary N) is 1. The lowest BCUT2D eigenvalue weighted by atomic mass is 10.2. The Balaban J connectivity index is 2.46. The van der Waals surface area contributed by atoms with E-state index in [0.29, 0.717) is 23.6 Å². The first-order valence-electron chi connectivity index (χ1n) is 4.98. The largest absolute Gasteiger partial charge is 0.330 e. The van der Waals surface area contributed by atoms with Crippen LogP contribution in [-0.4, -0.2) is 16.3 Å². The van der Waals surface area contributed by atoms with Crippen LogP contribution in [0.2, 0.25) is 5.02 Å². The van der Waals surface area contributed by atoms with Gasteiger partial charge in [-0.25, -0.2) is 0 Å². The third-order valence-corrected chi connectivity index (χ3v) is 2.64. The smallest absolute Gasteiger partial charge is 0.267 e. The van der Waals surface area contributed by atoms with E-state index in [-0.39, 0.29) is 5.56 Å². The first-order valence-corrected chi connectivity index (χ1v) is 5.35. The van der Waals surface area contributed by atoms with Crippen LogP contribution in [0, 0.1) is 0 Å². The lowest BCUT2D eigenvalue weighted by Crippen LogP contribution is -2.11. The van der Waals surface area contributed by atoms with Gasteiger partial charge in [-0.15, -0.1) is 0 Å². The van der Waals surface area contributed by atoms with Crippen molar-refractivity contribution in [3.8, 4) is 5.69 Å². The first-order chi connectivity index (χ1) is 7.72. The zero-order valence-electron chi connectivity index (χ0n) is 8.61. The molecule has 0 radical (unpaired) electrons. The first kappa shape index (κ1) is 11.0. The summed E-state index contributed by atoms with van der Waals surface area (Å²) < 4.78 is 1.62. The maximum absolute atomic E-state index is 11.5. The van der Waals surface area contributed by atoms with Gasteiger partial charge < -0.3 is 5.73 Å². The van der Waals surface area contributed by atoms with Crippen molar-refractivity contribution in [2.24, 2.45) is 5.73 Å². The van der Waals surface area contributed by atoms with Gasteiger partial charge in [0.15, 0.2) is 0 Å². The fourth-order valence-electron chi connectivity index (χ4n) is 1.54. The number of H-pyrrole nitrogens is 1. The van der Waals surface area contributed by atoms with E-state index >= 15 is 0 Å². The van der Waals surface area contributed by atoms with Crippen molar-refractivity contribution < 1.29 is 0 Å². The van der Waals surface area contributed by atoms with E-state index in [2.05, 4.69) is 5.10 Å². The van der Waals surface area contributed by atoms with Crippen LogP contribution < -0.4 is 11.3 Å². The SMILES string of the molecule is NCCc1cn(-c2ccccc2Cl)[nH]c1=O. The van der Waals surface area contributed by atoms with Crippen LogP contribution in [0.5, 0.6) is 0 Å². The monoisotopic (exact) mass is 237 g/mol. The van der Waals surface area contributed by atoms with Gasteiger partial charge in [-0.05, 0) is 25.1 Å². The number of rotatable bonds is 3. The third kappa shape index (κ3) is 2.03. The van der Waals surface area contributed by atoms with Crippen molar-refractivity contribution in [1.82, 2.24) is 9.78 Å². The number of hydrogen-bond acceptors (Lipinski definition) is 2. The maximum atomic E-state index is 11.5. The lowest BCUT2D eigenvalue weighted by Gasteiger charge is -2.03. The molecule has 1 heterocycles. The summed E-state index contributed by atoms with van der Waals surface area (Å²) in [7, 11) is 0. The molecule has 5 heteroatoms. The highest BCUT2D eigenvalue weighted by molar-refractivity contribution is 6.32. The topological polar surface area (TPSA) is 63.8 Å². The van der Waals surface area contributed by atoms with E-state index in [4.69, 9.17) is 17.3 Å². The van der Waals surface area contributed by atoms with Crippen molar-refractivity contribution in [2.45, 2.75) is 6.42 Å². The molecule has 3 N–H and O–H groups in total. The molecule has 0 unspecified atom stereocenters. The number of aromatic nitrogens is 2. The quantitative estimate of drug-likeness (QED) is 0.846. The predicted octanol–water partition coefficient (Wildman–Crippen LogP) is 1.32. The molecule has 4 nitrogen and oxygen atoms in total. The normalized spacial score (nSPS) is 10.6. The second kappa shape index (κ2) is 4.55. The minimum absolute atomic E-state index is 0.120. The van der Waals surface area contributed by atoms with Gasteiger partial charge in [0.1, 0.15) is 0 Å². The van der Waals surface area contributed by atoms with Gasteiger partial charge in [-0.1, -0.05) is 23.7 Å². The Morgan fingerprint density at radius 1 is 1.38 bits per heavy atom. The number of nitrogens with one attached hydrogen (secondary N) is 1. The van der Waals surface area contributed by atoms with Crippen molar-refractivity contribution in [3.63, 3.8) is 0 Å². The zero-order chi connectivity index (χ0) is 11.5. The van der Waals surface area contributed by atoms with E-state index in [0.717, 1.165) is 5.69 Å². The molecule has 0 saturated carbocycles. The molecule has 2 aromatic rings. The molecule has 1 aromatic carbocycles. The maximum Gasteiger partial charge on any atom is 0.267 e. The highest BCUT2D eigenvalue weighted by Gasteiger charge is 2.06. The van der Waals surface area contributed by atoms with Crippen LogP contribution in [0.3, 0.4) is 0 Å². The second-order valence-electron chi connectivity index (χ2n) is 3.46. The summed E-state index contributed by atoms with van der Waals surface area (Å²) in [4.78, 5) is 11.5. The summed E-state index contributed by atoms with van der Waals surface area (Å²) in [5, 5.41) is 3.30. The molecule has 1 aromatic heterocycles. The van der Waals surface area contributed by atoms with Gasteiger partial charge in [0.2, 0.25) is 0 Å². The minimum atomic E-state index is -0.120. The molecule has 0 aliphatic rings. The second-order valence-corrected chi connectivity index (χ2v) is 3.86. The Bertz CT molecular complexity index is 544. The van der Waals surface area contributed by atoms with Gasteiger partial charge in [-0.2, -0.15) is 0 Å². The highest BCUT2D eigenvalue weighted by atomic mass is 35.5. The minimum Gasteiger partial charge on any atom is -0.330 e. The Morgan fingerprint density at radius 2 is 2.12 bits per heavy atom. The summed E-state index contributed by atoms with van der Waals surface area (Å²) in [6.07, 6.45) is 2.29. The Hall–Kier alpha value is -1.52. The van der Waals surface area contributed by atoms with Crippen LogP contribution in [0.4, 0.5) is 0 Å². The Morgan fingerprint density at radius 3 is 2.81 bits per heavy atom. The Labute approximate surface area is 97.6 Å². The Kier molecular flexibility index (Phi) is 3.12. The molecule has 0 bridgehead atoms. The van der Waals surface area contributed by atoms with Crippen LogP contribution in [0.1, 0.15) is 5.56 Å². The number of hydrogen-bond donors (Lipinski definition) is 2. The van der Waals surface area contributed by atoms with Crippen LogP contribution >= 0.6 is 11.6 Å². The van der Waals surface area contributed by atoms with Gasteiger partial charge in [0, 0.05) is 11.8 Å². The van der Waals surface area contributed by atoms with Crippen molar-refractivity contribution >= 4 is 11.6 Å². The molecule has 0 atom stereocenters. The number of benzene rings is 1. The molecule has 0 fully saturated rings. The summed E-state index contributed by atoms with van der Waals surface area (Å²) >= 11 is 6.03. The fourth-order valence-corrected chi connectivity index (χ4v) is 1.77. The standard InChI is InChI=1S/C11H12ClN3O/c12-9-3-1-2-4-10(9)15-7-8(5-6-13)11(16)14-15/h1-4,7H,5-6,13H2,(H,14,16). The fraction of sp³-hybridized carbons (Fsp3) is 0.182. The van der Waals surface area contributed by atoms with E-state index in [1.807, 2.05) is 18.2 Å². The number of nitrogens with zero attached hydrogens (tertiary/aromatic N) is 1. The molecule has 0 aliphatic heterocycles. The summed E-state index contributed by atoms with van der Waals surface area (Å²) in [6, 6.07) is 7.32. The average Bonchev–Trinajstić information content (AvgIpc) is 2.61.